The number of hydrogen-bond donors (Lipinski definition) is 1. The zero-order valence-electron chi connectivity index (χ0n) is 18.3. The van der Waals surface area contributed by atoms with E-state index in [1.54, 1.807) is 19.0 Å². The second-order valence-electron chi connectivity index (χ2n) is 8.93. The highest BCUT2D eigenvalue weighted by molar-refractivity contribution is 5.97. The molecule has 1 aliphatic heterocycles. The average Bonchev–Trinajstić information content (AvgIpc) is 2.95. The molecule has 2 heterocycles. The Kier molecular flexibility index (Phi) is 5.84. The van der Waals surface area contributed by atoms with Crippen molar-refractivity contribution in [3.05, 3.63) is 29.6 Å². The molecule has 0 atom stereocenters. The van der Waals surface area contributed by atoms with Gasteiger partial charge in [0, 0.05) is 58.4 Å². The van der Waals surface area contributed by atoms with Crippen LogP contribution in [0.3, 0.4) is 0 Å². The van der Waals surface area contributed by atoms with Crippen molar-refractivity contribution in [3.8, 4) is 0 Å². The molecule has 1 aliphatic rings. The van der Waals surface area contributed by atoms with E-state index in [0.29, 0.717) is 18.7 Å². The third-order valence-electron chi connectivity index (χ3n) is 5.13. The van der Waals surface area contributed by atoms with E-state index < -0.39 is 0 Å². The summed E-state index contributed by atoms with van der Waals surface area (Å²) in [4.78, 5) is 35.1. The molecule has 29 heavy (non-hydrogen) atoms. The molecule has 0 unspecified atom stereocenters. The molecule has 2 aromatic rings. The molecule has 0 bridgehead atoms. The predicted molar refractivity (Wildman–Crippen MR) is 114 cm³/mol. The number of fused-ring (bicyclic) bond motifs is 1. The number of nitrogens with zero attached hydrogens (tertiary/aromatic N) is 5. The van der Waals surface area contributed by atoms with Crippen molar-refractivity contribution in [1.29, 1.82) is 0 Å². The largest absolute Gasteiger partial charge is 0.345 e. The Morgan fingerprint density at radius 3 is 2.38 bits per heavy atom. The molecule has 1 saturated heterocycles. The van der Waals surface area contributed by atoms with Crippen LogP contribution in [0.1, 0.15) is 37.0 Å². The fourth-order valence-electron chi connectivity index (χ4n) is 3.49. The third-order valence-corrected chi connectivity index (χ3v) is 5.13. The molecule has 8 heteroatoms. The lowest BCUT2D eigenvalue weighted by Gasteiger charge is -2.36. The van der Waals surface area contributed by atoms with Crippen LogP contribution in [0, 0.1) is 0 Å². The normalized spacial score (nSPS) is 15.6. The number of rotatable bonds is 3. The lowest BCUT2D eigenvalue weighted by Crippen LogP contribution is -2.54. The molecule has 0 spiro atoms. The maximum atomic E-state index is 12.3. The van der Waals surface area contributed by atoms with E-state index in [-0.39, 0.29) is 17.5 Å². The van der Waals surface area contributed by atoms with Crippen molar-refractivity contribution < 1.29 is 9.59 Å². The molecule has 158 valence electrons. The van der Waals surface area contributed by atoms with Crippen LogP contribution in [0.4, 0.5) is 4.79 Å². The highest BCUT2D eigenvalue weighted by atomic mass is 16.2. The standard InChI is InChI=1S/C21H32N6O2/c1-21(2,3)23-20(29)27-11-9-26(10-12-27)14-18-22-16-13-15(19(28)24(4)5)7-8-17(16)25(18)6/h7-8,13H,9-12,14H2,1-6H3,(H,23,29). The van der Waals surface area contributed by atoms with Gasteiger partial charge in [-0.2, -0.15) is 0 Å². The molecule has 1 aromatic heterocycles. The van der Waals surface area contributed by atoms with Gasteiger partial charge in [-0.05, 0) is 39.0 Å². The number of urea groups is 1. The minimum absolute atomic E-state index is 0.00188. The molecule has 0 aliphatic carbocycles. The molecule has 0 saturated carbocycles. The van der Waals surface area contributed by atoms with Crippen molar-refractivity contribution >= 4 is 23.0 Å². The van der Waals surface area contributed by atoms with E-state index in [0.717, 1.165) is 36.5 Å². The van der Waals surface area contributed by atoms with Gasteiger partial charge in [-0.25, -0.2) is 9.78 Å². The van der Waals surface area contributed by atoms with Gasteiger partial charge in [-0.1, -0.05) is 0 Å². The summed E-state index contributed by atoms with van der Waals surface area (Å²) in [7, 11) is 5.50. The van der Waals surface area contributed by atoms with Crippen molar-refractivity contribution in [1.82, 2.24) is 29.6 Å². The molecule has 0 radical (unpaired) electrons. The van der Waals surface area contributed by atoms with Gasteiger partial charge in [0.25, 0.3) is 5.91 Å². The fraction of sp³-hybridized carbons (Fsp3) is 0.571. The SMILES string of the molecule is CN(C)C(=O)c1ccc2c(c1)nc(CN1CCN(C(=O)NC(C)(C)C)CC1)n2C. The Balaban J connectivity index is 1.66. The Morgan fingerprint density at radius 1 is 1.14 bits per heavy atom. The van der Waals surface area contributed by atoms with Gasteiger partial charge in [0.05, 0.1) is 17.6 Å². The number of carbonyl (C=O) groups excluding carboxylic acids is 2. The predicted octanol–water partition coefficient (Wildman–Crippen LogP) is 1.90. The summed E-state index contributed by atoms with van der Waals surface area (Å²) in [5, 5.41) is 3.02. The van der Waals surface area contributed by atoms with Crippen LogP contribution in [0.5, 0.6) is 0 Å². The maximum Gasteiger partial charge on any atom is 0.317 e. The van der Waals surface area contributed by atoms with Gasteiger partial charge in [-0.3, -0.25) is 9.69 Å². The van der Waals surface area contributed by atoms with E-state index in [1.807, 2.05) is 50.9 Å². The molecule has 8 nitrogen and oxygen atoms in total. The first kappa shape index (κ1) is 21.1. The van der Waals surface area contributed by atoms with Crippen LogP contribution in [-0.4, -0.2) is 82.0 Å². The topological polar surface area (TPSA) is 73.7 Å². The van der Waals surface area contributed by atoms with Gasteiger partial charge >= 0.3 is 6.03 Å². The molecule has 3 amide bonds. The van der Waals surface area contributed by atoms with Crippen molar-refractivity contribution in [2.45, 2.75) is 32.9 Å². The van der Waals surface area contributed by atoms with Crippen molar-refractivity contribution in [2.75, 3.05) is 40.3 Å². The highest BCUT2D eigenvalue weighted by Crippen LogP contribution is 2.19. The van der Waals surface area contributed by atoms with Gasteiger partial charge < -0.3 is 19.7 Å². The fourth-order valence-corrected chi connectivity index (χ4v) is 3.49. The number of carbonyl (C=O) groups is 2. The summed E-state index contributed by atoms with van der Waals surface area (Å²) >= 11 is 0. The van der Waals surface area contributed by atoms with Gasteiger partial charge in [0.1, 0.15) is 5.82 Å². The van der Waals surface area contributed by atoms with Crippen LogP contribution >= 0.6 is 0 Å². The average molecular weight is 401 g/mol. The minimum atomic E-state index is -0.228. The molecule has 1 aromatic carbocycles. The number of aromatic nitrogens is 2. The van der Waals surface area contributed by atoms with Crippen LogP contribution in [0.15, 0.2) is 18.2 Å². The summed E-state index contributed by atoms with van der Waals surface area (Å²) < 4.78 is 2.08. The van der Waals surface area contributed by atoms with E-state index in [4.69, 9.17) is 4.98 Å². The number of amides is 3. The van der Waals surface area contributed by atoms with Crippen molar-refractivity contribution in [2.24, 2.45) is 7.05 Å². The number of aryl methyl sites for hydroxylation is 1. The molecular formula is C21H32N6O2. The Bertz CT molecular complexity index is 904. The number of imidazole rings is 1. The van der Waals surface area contributed by atoms with Gasteiger partial charge in [-0.15, -0.1) is 0 Å². The highest BCUT2D eigenvalue weighted by Gasteiger charge is 2.25. The smallest absolute Gasteiger partial charge is 0.317 e. The second kappa shape index (κ2) is 8.02. The lowest BCUT2D eigenvalue weighted by molar-refractivity contribution is 0.0827. The Labute approximate surface area is 172 Å². The maximum absolute atomic E-state index is 12.3. The minimum Gasteiger partial charge on any atom is -0.345 e. The molecule has 1 fully saturated rings. The summed E-state index contributed by atoms with van der Waals surface area (Å²) in [5.74, 6) is 0.936. The number of piperazine rings is 1. The van der Waals surface area contributed by atoms with Crippen LogP contribution in [0.2, 0.25) is 0 Å². The van der Waals surface area contributed by atoms with E-state index in [1.165, 1.54) is 0 Å². The number of nitrogens with one attached hydrogen (secondary N) is 1. The second-order valence-corrected chi connectivity index (χ2v) is 8.93. The Hall–Kier alpha value is -2.61. The van der Waals surface area contributed by atoms with E-state index in [2.05, 4.69) is 14.8 Å². The molecule has 3 rings (SSSR count). The first-order valence-corrected chi connectivity index (χ1v) is 10.0. The molecule has 1 N–H and O–H groups in total. The first-order valence-electron chi connectivity index (χ1n) is 10.0. The van der Waals surface area contributed by atoms with E-state index in [9.17, 15) is 9.59 Å². The lowest BCUT2D eigenvalue weighted by atomic mass is 10.1. The zero-order valence-corrected chi connectivity index (χ0v) is 18.3. The van der Waals surface area contributed by atoms with Crippen molar-refractivity contribution in [3.63, 3.8) is 0 Å². The number of hydrogen-bond acceptors (Lipinski definition) is 4. The summed E-state index contributed by atoms with van der Waals surface area (Å²) in [5.41, 5.74) is 2.26. The summed E-state index contributed by atoms with van der Waals surface area (Å²) in [6.45, 7) is 9.72. The molecular weight excluding hydrogens is 368 g/mol. The monoisotopic (exact) mass is 400 g/mol. The first-order chi connectivity index (χ1) is 13.5. The quantitative estimate of drug-likeness (QED) is 0.854. The Morgan fingerprint density at radius 2 is 1.79 bits per heavy atom. The zero-order chi connectivity index (χ0) is 21.3. The van der Waals surface area contributed by atoms with Gasteiger partial charge in [0.15, 0.2) is 0 Å². The van der Waals surface area contributed by atoms with E-state index >= 15 is 0 Å². The third kappa shape index (κ3) is 4.87. The van der Waals surface area contributed by atoms with Gasteiger partial charge in [0.2, 0.25) is 0 Å². The number of benzene rings is 1. The van der Waals surface area contributed by atoms with Crippen LogP contribution in [-0.2, 0) is 13.6 Å². The summed E-state index contributed by atoms with van der Waals surface area (Å²) in [6, 6.07) is 5.66. The van der Waals surface area contributed by atoms with Crippen LogP contribution < -0.4 is 5.32 Å². The summed E-state index contributed by atoms with van der Waals surface area (Å²) in [6.07, 6.45) is 0. The van der Waals surface area contributed by atoms with Crippen LogP contribution in [0.25, 0.3) is 11.0 Å².